The van der Waals surface area contributed by atoms with Crippen LogP contribution in [-0.4, -0.2) is 42.0 Å². The van der Waals surface area contributed by atoms with E-state index < -0.39 is 23.6 Å². The van der Waals surface area contributed by atoms with Gasteiger partial charge in [0.2, 0.25) is 0 Å². The Labute approximate surface area is 177 Å². The standard InChI is InChI=1S/C22H30N4O4/c1-7-14(2)19(25-21(28)30-22(3,4)5)20(27)26-23-13-16-9-8-15-12-17(29-6)10-11-18(15)24-16/h8-14,19H,7H2,1-6H3,(H,25,28)(H,26,27)/b23-13-/t14?,19-/m0/s1. The predicted octanol–water partition coefficient (Wildman–Crippen LogP) is 3.63. The van der Waals surface area contributed by atoms with Crippen molar-refractivity contribution >= 4 is 29.1 Å². The first-order valence-corrected chi connectivity index (χ1v) is 9.90. The number of fused-ring (bicyclic) bond motifs is 1. The molecule has 162 valence electrons. The van der Waals surface area contributed by atoms with Crippen LogP contribution in [0.5, 0.6) is 5.75 Å². The Hall–Kier alpha value is -3.16. The second-order valence-electron chi connectivity index (χ2n) is 8.04. The molecule has 2 amide bonds. The van der Waals surface area contributed by atoms with Crippen molar-refractivity contribution in [2.45, 2.75) is 52.7 Å². The summed E-state index contributed by atoms with van der Waals surface area (Å²) in [5.74, 6) is 0.241. The number of hydrogen-bond acceptors (Lipinski definition) is 6. The molecular formula is C22H30N4O4. The summed E-state index contributed by atoms with van der Waals surface area (Å²) in [6.07, 6.45) is 1.52. The number of carbonyl (C=O) groups excluding carboxylic acids is 2. The van der Waals surface area contributed by atoms with E-state index in [0.29, 0.717) is 12.1 Å². The monoisotopic (exact) mass is 414 g/mol. The van der Waals surface area contributed by atoms with Gasteiger partial charge in [-0.25, -0.2) is 15.2 Å². The third kappa shape index (κ3) is 6.72. The number of nitrogens with zero attached hydrogens (tertiary/aromatic N) is 2. The highest BCUT2D eigenvalue weighted by Gasteiger charge is 2.28. The van der Waals surface area contributed by atoms with Gasteiger partial charge in [0.15, 0.2) is 0 Å². The molecule has 1 unspecified atom stereocenters. The molecular weight excluding hydrogens is 384 g/mol. The number of pyridine rings is 1. The lowest BCUT2D eigenvalue weighted by Gasteiger charge is -2.25. The molecule has 1 aromatic heterocycles. The van der Waals surface area contributed by atoms with Crippen molar-refractivity contribution < 1.29 is 19.1 Å². The van der Waals surface area contributed by atoms with Crippen LogP contribution in [0.2, 0.25) is 0 Å². The number of amides is 2. The molecule has 30 heavy (non-hydrogen) atoms. The van der Waals surface area contributed by atoms with E-state index in [4.69, 9.17) is 9.47 Å². The van der Waals surface area contributed by atoms with Gasteiger partial charge < -0.3 is 14.8 Å². The highest BCUT2D eigenvalue weighted by molar-refractivity contribution is 5.88. The first kappa shape index (κ1) is 23.1. The van der Waals surface area contributed by atoms with Crippen LogP contribution in [0.1, 0.15) is 46.7 Å². The molecule has 0 saturated heterocycles. The Morgan fingerprint density at radius 1 is 1.23 bits per heavy atom. The predicted molar refractivity (Wildman–Crippen MR) is 117 cm³/mol. The van der Waals surface area contributed by atoms with Crippen LogP contribution in [0.15, 0.2) is 35.4 Å². The second-order valence-corrected chi connectivity index (χ2v) is 8.04. The van der Waals surface area contributed by atoms with Crippen molar-refractivity contribution in [3.63, 3.8) is 0 Å². The molecule has 0 radical (unpaired) electrons. The van der Waals surface area contributed by atoms with Gasteiger partial charge in [0.1, 0.15) is 17.4 Å². The first-order chi connectivity index (χ1) is 14.1. The largest absolute Gasteiger partial charge is 0.497 e. The number of hydrogen-bond donors (Lipinski definition) is 2. The van der Waals surface area contributed by atoms with Crippen LogP contribution < -0.4 is 15.5 Å². The van der Waals surface area contributed by atoms with E-state index in [9.17, 15) is 9.59 Å². The zero-order chi connectivity index (χ0) is 22.3. The maximum Gasteiger partial charge on any atom is 0.408 e. The zero-order valence-electron chi connectivity index (χ0n) is 18.4. The topological polar surface area (TPSA) is 102 Å². The fourth-order valence-corrected chi connectivity index (χ4v) is 2.69. The van der Waals surface area contributed by atoms with Gasteiger partial charge in [-0.15, -0.1) is 0 Å². The van der Waals surface area contributed by atoms with Crippen molar-refractivity contribution in [2.24, 2.45) is 11.0 Å². The van der Waals surface area contributed by atoms with Crippen molar-refractivity contribution in [3.05, 3.63) is 36.0 Å². The van der Waals surface area contributed by atoms with Crippen molar-refractivity contribution in [1.29, 1.82) is 0 Å². The van der Waals surface area contributed by atoms with Crippen LogP contribution in [0.25, 0.3) is 10.9 Å². The van der Waals surface area contributed by atoms with E-state index in [1.165, 1.54) is 6.21 Å². The Balaban J connectivity index is 2.05. The van der Waals surface area contributed by atoms with Crippen LogP contribution in [0, 0.1) is 5.92 Å². The molecule has 1 heterocycles. The third-order valence-corrected chi connectivity index (χ3v) is 4.46. The summed E-state index contributed by atoms with van der Waals surface area (Å²) < 4.78 is 10.5. The second kappa shape index (κ2) is 10.0. The van der Waals surface area contributed by atoms with E-state index in [1.54, 1.807) is 33.9 Å². The van der Waals surface area contributed by atoms with E-state index in [1.807, 2.05) is 38.1 Å². The average Bonchev–Trinajstić information content (AvgIpc) is 2.69. The van der Waals surface area contributed by atoms with E-state index >= 15 is 0 Å². The van der Waals surface area contributed by atoms with Gasteiger partial charge in [-0.05, 0) is 51.0 Å². The smallest absolute Gasteiger partial charge is 0.408 e. The Bertz CT molecular complexity index is 921. The number of alkyl carbamates (subject to hydrolysis) is 1. The van der Waals surface area contributed by atoms with Crippen LogP contribution >= 0.6 is 0 Å². The molecule has 2 rings (SSSR count). The summed E-state index contributed by atoms with van der Waals surface area (Å²) in [6.45, 7) is 9.12. The van der Waals surface area contributed by atoms with E-state index in [-0.39, 0.29) is 5.92 Å². The number of nitrogens with one attached hydrogen (secondary N) is 2. The van der Waals surface area contributed by atoms with E-state index in [2.05, 4.69) is 20.8 Å². The zero-order valence-corrected chi connectivity index (χ0v) is 18.4. The number of hydrazone groups is 1. The molecule has 0 saturated carbocycles. The highest BCUT2D eigenvalue weighted by atomic mass is 16.6. The Morgan fingerprint density at radius 2 is 1.97 bits per heavy atom. The molecule has 0 fully saturated rings. The molecule has 0 aliphatic rings. The Kier molecular flexibility index (Phi) is 7.74. The molecule has 2 atom stereocenters. The Morgan fingerprint density at radius 3 is 2.60 bits per heavy atom. The summed E-state index contributed by atoms with van der Waals surface area (Å²) in [5.41, 5.74) is 3.21. The summed E-state index contributed by atoms with van der Waals surface area (Å²) in [4.78, 5) is 29.2. The molecule has 2 N–H and O–H groups in total. The minimum Gasteiger partial charge on any atom is -0.497 e. The lowest BCUT2D eigenvalue weighted by Crippen LogP contribution is -2.50. The first-order valence-electron chi connectivity index (χ1n) is 9.90. The van der Waals surface area contributed by atoms with Crippen LogP contribution in [0.4, 0.5) is 4.79 Å². The molecule has 2 aromatic rings. The number of carbonyl (C=O) groups is 2. The number of rotatable bonds is 7. The highest BCUT2D eigenvalue weighted by Crippen LogP contribution is 2.19. The summed E-state index contributed by atoms with van der Waals surface area (Å²) in [5, 5.41) is 7.57. The SMILES string of the molecule is CCC(C)[C@H](NC(=O)OC(C)(C)C)C(=O)N/N=C\c1ccc2cc(OC)ccc2n1. The van der Waals surface area contributed by atoms with Gasteiger partial charge in [-0.2, -0.15) is 5.10 Å². The number of benzene rings is 1. The quantitative estimate of drug-likeness (QED) is 0.532. The lowest BCUT2D eigenvalue weighted by molar-refractivity contribution is -0.124. The summed E-state index contributed by atoms with van der Waals surface area (Å²) in [7, 11) is 1.61. The van der Waals surface area contributed by atoms with Gasteiger partial charge in [-0.3, -0.25) is 4.79 Å². The van der Waals surface area contributed by atoms with Crippen LogP contribution in [0.3, 0.4) is 0 Å². The maximum absolute atomic E-state index is 12.6. The molecule has 0 spiro atoms. The van der Waals surface area contributed by atoms with Crippen molar-refractivity contribution in [3.8, 4) is 5.75 Å². The summed E-state index contributed by atoms with van der Waals surface area (Å²) >= 11 is 0. The van der Waals surface area contributed by atoms with Crippen molar-refractivity contribution in [2.75, 3.05) is 7.11 Å². The van der Waals surface area contributed by atoms with E-state index in [0.717, 1.165) is 16.7 Å². The number of ether oxygens (including phenoxy) is 2. The van der Waals surface area contributed by atoms with Gasteiger partial charge in [-0.1, -0.05) is 26.3 Å². The number of methoxy groups -OCH3 is 1. The fraction of sp³-hybridized carbons (Fsp3) is 0.455. The molecule has 0 bridgehead atoms. The number of aromatic nitrogens is 1. The summed E-state index contributed by atoms with van der Waals surface area (Å²) in [6, 6.07) is 8.51. The van der Waals surface area contributed by atoms with Crippen molar-refractivity contribution in [1.82, 2.24) is 15.7 Å². The molecule has 8 nitrogen and oxygen atoms in total. The molecule has 0 aliphatic carbocycles. The average molecular weight is 415 g/mol. The van der Waals surface area contributed by atoms with Gasteiger partial charge in [0, 0.05) is 5.39 Å². The lowest BCUT2D eigenvalue weighted by atomic mass is 9.99. The van der Waals surface area contributed by atoms with Gasteiger partial charge in [0.05, 0.1) is 24.5 Å². The molecule has 0 aliphatic heterocycles. The minimum atomic E-state index is -0.765. The fourth-order valence-electron chi connectivity index (χ4n) is 2.69. The minimum absolute atomic E-state index is 0.0958. The maximum atomic E-state index is 12.6. The van der Waals surface area contributed by atoms with Crippen LogP contribution in [-0.2, 0) is 9.53 Å². The van der Waals surface area contributed by atoms with Gasteiger partial charge in [0.25, 0.3) is 5.91 Å². The normalized spacial score (nSPS) is 13.7. The molecule has 8 heteroatoms. The van der Waals surface area contributed by atoms with Gasteiger partial charge >= 0.3 is 6.09 Å². The third-order valence-electron chi connectivity index (χ3n) is 4.46. The molecule has 1 aromatic carbocycles.